The Morgan fingerprint density at radius 3 is 2.97 bits per heavy atom. The highest BCUT2D eigenvalue weighted by Gasteiger charge is 2.54. The molecule has 4 heterocycles. The molecule has 1 fully saturated rings. The number of hydrogen-bond acceptors (Lipinski definition) is 9. The number of hydrogen-bond donors (Lipinski definition) is 2. The Bertz CT molecular complexity index is 1020. The number of carbonyl (C=O) groups excluding carboxylic acids is 2. The van der Waals surface area contributed by atoms with Crippen molar-refractivity contribution in [3.63, 3.8) is 0 Å². The number of aliphatic carboxylic acids is 1. The Hall–Kier alpha value is -2.09. The molecular weight excluding hydrogens is 470 g/mol. The SMILES string of the molecule is O=C(CS(=O)c1cccs1)NC1C(=O)N2C(C(=O)O)=C(CSc3cnco3)CS[C@@H]12. The van der Waals surface area contributed by atoms with Crippen LogP contribution in [0, 0.1) is 0 Å². The molecule has 158 valence electrons. The average Bonchev–Trinajstić information content (AvgIpc) is 3.43. The van der Waals surface area contributed by atoms with Crippen molar-refractivity contribution >= 4 is 63.4 Å². The molecule has 2 unspecified atom stereocenters. The van der Waals surface area contributed by atoms with E-state index in [0.717, 1.165) is 0 Å². The summed E-state index contributed by atoms with van der Waals surface area (Å²) in [6, 6.07) is 2.60. The minimum absolute atomic E-state index is 0.0524. The molecule has 0 radical (unpaired) electrons. The number of carboxylic acids is 1. The Morgan fingerprint density at radius 1 is 1.47 bits per heavy atom. The van der Waals surface area contributed by atoms with Gasteiger partial charge in [-0.1, -0.05) is 17.8 Å². The number of β-lactam (4-membered cyclic amide) rings is 1. The molecule has 2 aromatic rings. The van der Waals surface area contributed by atoms with Gasteiger partial charge >= 0.3 is 5.97 Å². The first kappa shape index (κ1) is 21.2. The van der Waals surface area contributed by atoms with Crippen LogP contribution in [-0.2, 0) is 25.2 Å². The number of nitrogens with zero attached hydrogens (tertiary/aromatic N) is 2. The lowest BCUT2D eigenvalue weighted by molar-refractivity contribution is -0.150. The maximum Gasteiger partial charge on any atom is 0.352 e. The lowest BCUT2D eigenvalue weighted by Crippen LogP contribution is -2.70. The number of nitrogens with one attached hydrogen (secondary N) is 1. The fourth-order valence-electron chi connectivity index (χ4n) is 3.03. The molecule has 1 saturated heterocycles. The fourth-order valence-corrected chi connectivity index (χ4v) is 7.22. The van der Waals surface area contributed by atoms with Crippen LogP contribution < -0.4 is 5.32 Å². The number of amides is 2. The molecule has 2 amide bonds. The highest BCUT2D eigenvalue weighted by atomic mass is 32.2. The minimum Gasteiger partial charge on any atom is -0.477 e. The lowest BCUT2D eigenvalue weighted by Gasteiger charge is -2.49. The van der Waals surface area contributed by atoms with Crippen molar-refractivity contribution in [1.29, 1.82) is 0 Å². The second-order valence-electron chi connectivity index (χ2n) is 6.24. The van der Waals surface area contributed by atoms with E-state index >= 15 is 0 Å². The van der Waals surface area contributed by atoms with Gasteiger partial charge < -0.3 is 14.8 Å². The highest BCUT2D eigenvalue weighted by Crippen LogP contribution is 2.41. The van der Waals surface area contributed by atoms with Crippen LogP contribution in [0.1, 0.15) is 0 Å². The zero-order valence-corrected chi connectivity index (χ0v) is 18.4. The van der Waals surface area contributed by atoms with Gasteiger partial charge in [0, 0.05) is 11.5 Å². The maximum absolute atomic E-state index is 12.6. The summed E-state index contributed by atoms with van der Waals surface area (Å²) >= 11 is 3.98. The summed E-state index contributed by atoms with van der Waals surface area (Å²) in [7, 11) is -1.48. The molecule has 2 aromatic heterocycles. The molecular formula is C17H15N3O6S4. The minimum atomic E-state index is -1.48. The number of carbonyl (C=O) groups is 3. The van der Waals surface area contributed by atoms with E-state index in [-0.39, 0.29) is 11.4 Å². The van der Waals surface area contributed by atoms with E-state index in [4.69, 9.17) is 4.42 Å². The van der Waals surface area contributed by atoms with E-state index in [1.165, 1.54) is 52.4 Å². The number of oxazole rings is 1. The lowest BCUT2D eigenvalue weighted by atomic mass is 10.0. The van der Waals surface area contributed by atoms with E-state index in [0.29, 0.717) is 26.4 Å². The monoisotopic (exact) mass is 485 g/mol. The fraction of sp³-hybridized carbons (Fsp3) is 0.294. The van der Waals surface area contributed by atoms with Crippen molar-refractivity contribution in [2.24, 2.45) is 0 Å². The summed E-state index contributed by atoms with van der Waals surface area (Å²) < 4.78 is 17.9. The molecule has 2 aliphatic rings. The number of thiophene rings is 1. The maximum atomic E-state index is 12.6. The predicted octanol–water partition coefficient (Wildman–Crippen LogP) is 1.37. The largest absolute Gasteiger partial charge is 0.477 e. The normalized spacial score (nSPS) is 21.7. The molecule has 3 atom stereocenters. The number of carboxylic acid groups (broad SMARTS) is 1. The topological polar surface area (TPSA) is 130 Å². The standard InChI is InChI=1S/C17H15N3O6S4/c21-10(7-30(25)12-2-1-3-27-12)19-13-15(22)20-14(17(23)24)9(6-29-16(13)20)5-28-11-4-18-8-26-11/h1-4,8,13,16H,5-7H2,(H,19,21)(H,23,24)/t13?,16-,30?/m0/s1. The van der Waals surface area contributed by atoms with Crippen LogP contribution in [0.4, 0.5) is 0 Å². The second kappa shape index (κ2) is 8.96. The van der Waals surface area contributed by atoms with E-state index < -0.39 is 40.0 Å². The average molecular weight is 486 g/mol. The van der Waals surface area contributed by atoms with Crippen molar-refractivity contribution < 1.29 is 28.1 Å². The first-order chi connectivity index (χ1) is 14.5. The third-order valence-electron chi connectivity index (χ3n) is 4.35. The summed E-state index contributed by atoms with van der Waals surface area (Å²) in [5.74, 6) is -1.68. The Kier molecular flexibility index (Phi) is 6.32. The van der Waals surface area contributed by atoms with Crippen LogP contribution in [0.15, 0.2) is 55.1 Å². The first-order valence-corrected chi connectivity index (χ1v) is 12.8. The Balaban J connectivity index is 1.41. The van der Waals surface area contributed by atoms with Crippen LogP contribution in [0.2, 0.25) is 0 Å². The zero-order valence-electron chi connectivity index (χ0n) is 15.2. The molecule has 0 saturated carbocycles. The third-order valence-corrected chi connectivity index (χ3v) is 9.28. The molecule has 2 N–H and O–H groups in total. The van der Waals surface area contributed by atoms with Crippen molar-refractivity contribution in [2.75, 3.05) is 17.3 Å². The summed E-state index contributed by atoms with van der Waals surface area (Å²) in [4.78, 5) is 41.8. The molecule has 13 heteroatoms. The first-order valence-electron chi connectivity index (χ1n) is 8.58. The molecule has 2 aliphatic heterocycles. The third kappa shape index (κ3) is 4.19. The highest BCUT2D eigenvalue weighted by molar-refractivity contribution is 8.01. The van der Waals surface area contributed by atoms with E-state index in [1.54, 1.807) is 17.5 Å². The number of fused-ring (bicyclic) bond motifs is 1. The van der Waals surface area contributed by atoms with E-state index in [1.807, 2.05) is 0 Å². The number of rotatable bonds is 8. The van der Waals surface area contributed by atoms with Gasteiger partial charge in [-0.25, -0.2) is 9.78 Å². The molecule has 0 aliphatic carbocycles. The van der Waals surface area contributed by atoms with Crippen LogP contribution in [-0.4, -0.2) is 65.7 Å². The van der Waals surface area contributed by atoms with Crippen LogP contribution >= 0.6 is 34.9 Å². The van der Waals surface area contributed by atoms with Gasteiger partial charge in [0.1, 0.15) is 22.9 Å². The van der Waals surface area contributed by atoms with E-state index in [2.05, 4.69) is 10.3 Å². The summed E-state index contributed by atoms with van der Waals surface area (Å²) in [6.45, 7) is 0. The number of thioether (sulfide) groups is 2. The van der Waals surface area contributed by atoms with Gasteiger partial charge in [-0.2, -0.15) is 0 Å². The van der Waals surface area contributed by atoms with Crippen LogP contribution in [0.25, 0.3) is 0 Å². The van der Waals surface area contributed by atoms with Gasteiger partial charge in [0.05, 0.1) is 21.2 Å². The molecule has 0 aromatic carbocycles. The molecule has 0 spiro atoms. The number of aromatic nitrogens is 1. The summed E-state index contributed by atoms with van der Waals surface area (Å²) in [6.07, 6.45) is 2.82. The molecule has 9 nitrogen and oxygen atoms in total. The van der Waals surface area contributed by atoms with Crippen molar-refractivity contribution in [1.82, 2.24) is 15.2 Å². The van der Waals surface area contributed by atoms with Gasteiger partial charge in [-0.15, -0.1) is 23.1 Å². The Labute approximate surface area is 185 Å². The van der Waals surface area contributed by atoms with Crippen LogP contribution in [0.3, 0.4) is 0 Å². The molecule has 0 bridgehead atoms. The van der Waals surface area contributed by atoms with Crippen molar-refractivity contribution in [2.45, 2.75) is 20.7 Å². The van der Waals surface area contributed by atoms with Gasteiger partial charge in [0.2, 0.25) is 5.91 Å². The van der Waals surface area contributed by atoms with Crippen LogP contribution in [0.5, 0.6) is 0 Å². The van der Waals surface area contributed by atoms with Gasteiger partial charge in [-0.3, -0.25) is 18.7 Å². The molecule has 4 rings (SSSR count). The predicted molar refractivity (Wildman–Crippen MR) is 113 cm³/mol. The van der Waals surface area contributed by atoms with Crippen molar-refractivity contribution in [3.8, 4) is 0 Å². The van der Waals surface area contributed by atoms with Gasteiger partial charge in [0.25, 0.3) is 5.91 Å². The van der Waals surface area contributed by atoms with Gasteiger partial charge in [0.15, 0.2) is 11.5 Å². The van der Waals surface area contributed by atoms with Gasteiger partial charge in [-0.05, 0) is 17.0 Å². The molecule has 30 heavy (non-hydrogen) atoms. The smallest absolute Gasteiger partial charge is 0.352 e. The summed E-state index contributed by atoms with van der Waals surface area (Å²) in [5.41, 5.74) is 0.547. The van der Waals surface area contributed by atoms with E-state index in [9.17, 15) is 23.7 Å². The Morgan fingerprint density at radius 2 is 2.30 bits per heavy atom. The summed E-state index contributed by atoms with van der Waals surface area (Å²) in [5, 5.41) is 14.1. The zero-order chi connectivity index (χ0) is 21.3. The second-order valence-corrected chi connectivity index (χ2v) is 11.0. The quantitative estimate of drug-likeness (QED) is 0.421. The van der Waals surface area contributed by atoms with Crippen molar-refractivity contribution in [3.05, 3.63) is 41.4 Å².